The van der Waals surface area contributed by atoms with E-state index in [4.69, 9.17) is 5.73 Å². The Balaban J connectivity index is 1.85. The molecule has 5 nitrogen and oxygen atoms in total. The number of nitrogen functional groups attached to an aromatic ring is 1. The Morgan fingerprint density at radius 1 is 1.05 bits per heavy atom. The van der Waals surface area contributed by atoms with Gasteiger partial charge < -0.3 is 11.1 Å². The number of rotatable bonds is 2. The minimum absolute atomic E-state index is 0.290. The lowest BCUT2D eigenvalue weighted by molar-refractivity contribution is 0.102. The first-order valence-corrected chi connectivity index (χ1v) is 6.10. The number of fused-ring (bicyclic) bond motifs is 1. The van der Waals surface area contributed by atoms with Crippen LogP contribution in [0.4, 0.5) is 11.4 Å². The first-order valence-electron chi connectivity index (χ1n) is 6.10. The molecule has 0 bridgehead atoms. The zero-order valence-corrected chi connectivity index (χ0v) is 10.6. The van der Waals surface area contributed by atoms with Crippen LogP contribution in [-0.2, 0) is 0 Å². The van der Waals surface area contributed by atoms with Crippen LogP contribution in [0.2, 0.25) is 0 Å². The smallest absolute Gasteiger partial charge is 0.274 e. The second-order valence-electron chi connectivity index (χ2n) is 4.35. The Bertz CT molecular complexity index is 768. The zero-order valence-electron chi connectivity index (χ0n) is 10.6. The van der Waals surface area contributed by atoms with Crippen LogP contribution in [0.3, 0.4) is 0 Å². The zero-order chi connectivity index (χ0) is 13.9. The van der Waals surface area contributed by atoms with Crippen molar-refractivity contribution in [3.63, 3.8) is 0 Å². The van der Waals surface area contributed by atoms with Gasteiger partial charge in [-0.05, 0) is 24.3 Å². The Morgan fingerprint density at radius 3 is 2.70 bits per heavy atom. The first-order chi connectivity index (χ1) is 9.72. The summed E-state index contributed by atoms with van der Waals surface area (Å²) >= 11 is 0. The van der Waals surface area contributed by atoms with Crippen LogP contribution < -0.4 is 11.1 Å². The number of aromatic nitrogens is 2. The number of hydrogen-bond acceptors (Lipinski definition) is 4. The molecule has 3 rings (SSSR count). The molecular weight excluding hydrogens is 252 g/mol. The molecule has 3 aromatic rings. The number of benzene rings is 1. The summed E-state index contributed by atoms with van der Waals surface area (Å²) in [7, 11) is 0. The molecule has 0 atom stereocenters. The number of nitrogens with one attached hydrogen (secondary N) is 1. The summed E-state index contributed by atoms with van der Waals surface area (Å²) in [4.78, 5) is 20.3. The molecule has 0 aliphatic heterocycles. The average molecular weight is 264 g/mol. The van der Waals surface area contributed by atoms with Crippen molar-refractivity contribution in [1.82, 2.24) is 9.97 Å². The minimum Gasteiger partial charge on any atom is -0.397 e. The monoisotopic (exact) mass is 264 g/mol. The maximum Gasteiger partial charge on any atom is 0.274 e. The van der Waals surface area contributed by atoms with Crippen molar-refractivity contribution in [3.05, 3.63) is 60.6 Å². The van der Waals surface area contributed by atoms with Gasteiger partial charge in [-0.1, -0.05) is 18.2 Å². The van der Waals surface area contributed by atoms with Crippen molar-refractivity contribution in [2.45, 2.75) is 0 Å². The van der Waals surface area contributed by atoms with E-state index < -0.39 is 0 Å². The third-order valence-electron chi connectivity index (χ3n) is 2.87. The van der Waals surface area contributed by atoms with E-state index in [1.165, 1.54) is 6.20 Å². The van der Waals surface area contributed by atoms with Crippen molar-refractivity contribution in [1.29, 1.82) is 0 Å². The molecule has 0 unspecified atom stereocenters. The summed E-state index contributed by atoms with van der Waals surface area (Å²) in [5.74, 6) is -0.290. The van der Waals surface area contributed by atoms with Gasteiger partial charge >= 0.3 is 0 Å². The van der Waals surface area contributed by atoms with Gasteiger partial charge in [0.15, 0.2) is 0 Å². The highest BCUT2D eigenvalue weighted by atomic mass is 16.1. The van der Waals surface area contributed by atoms with E-state index in [2.05, 4.69) is 15.3 Å². The molecular formula is C15H12N4O. The summed E-state index contributed by atoms with van der Waals surface area (Å²) < 4.78 is 0. The summed E-state index contributed by atoms with van der Waals surface area (Å²) in [6.45, 7) is 0. The second-order valence-corrected chi connectivity index (χ2v) is 4.35. The van der Waals surface area contributed by atoms with Crippen LogP contribution in [0.5, 0.6) is 0 Å². The van der Waals surface area contributed by atoms with E-state index in [1.54, 1.807) is 18.3 Å². The molecule has 0 saturated carbocycles. The van der Waals surface area contributed by atoms with Gasteiger partial charge in [0, 0.05) is 5.39 Å². The van der Waals surface area contributed by atoms with Gasteiger partial charge in [0.05, 0.1) is 29.3 Å². The molecule has 98 valence electrons. The number of nitrogens with zero attached hydrogens (tertiary/aromatic N) is 2. The van der Waals surface area contributed by atoms with Gasteiger partial charge in [0.25, 0.3) is 5.91 Å². The summed E-state index contributed by atoms with van der Waals surface area (Å²) in [6, 6.07) is 12.8. The number of para-hydroxylation sites is 1. The summed E-state index contributed by atoms with van der Waals surface area (Å²) in [5.41, 5.74) is 7.89. The Morgan fingerprint density at radius 2 is 1.90 bits per heavy atom. The molecule has 0 spiro atoms. The van der Waals surface area contributed by atoms with Gasteiger partial charge in [-0.25, -0.2) is 4.98 Å². The fourth-order valence-corrected chi connectivity index (χ4v) is 1.87. The molecule has 0 fully saturated rings. The highest BCUT2D eigenvalue weighted by molar-refractivity contribution is 6.03. The largest absolute Gasteiger partial charge is 0.397 e. The lowest BCUT2D eigenvalue weighted by Gasteiger charge is -2.05. The van der Waals surface area contributed by atoms with Crippen LogP contribution in [0, 0.1) is 0 Å². The van der Waals surface area contributed by atoms with E-state index in [1.807, 2.05) is 30.3 Å². The molecule has 0 radical (unpaired) electrons. The Hall–Kier alpha value is -2.95. The molecule has 1 aromatic carbocycles. The van der Waals surface area contributed by atoms with E-state index >= 15 is 0 Å². The standard InChI is InChI=1S/C15H12N4O/c16-11-5-6-14(17-8-11)15(20)19-12-7-10-3-1-2-4-13(10)18-9-12/h1-9H,16H2,(H,19,20). The van der Waals surface area contributed by atoms with Crippen molar-refractivity contribution < 1.29 is 4.79 Å². The van der Waals surface area contributed by atoms with E-state index in [0.29, 0.717) is 17.1 Å². The normalized spacial score (nSPS) is 10.4. The van der Waals surface area contributed by atoms with Gasteiger partial charge in [0.2, 0.25) is 0 Å². The van der Waals surface area contributed by atoms with Crippen molar-refractivity contribution in [2.24, 2.45) is 0 Å². The lowest BCUT2D eigenvalue weighted by atomic mass is 10.2. The van der Waals surface area contributed by atoms with Gasteiger partial charge in [-0.3, -0.25) is 9.78 Å². The molecule has 0 aliphatic carbocycles. The fourth-order valence-electron chi connectivity index (χ4n) is 1.87. The molecule has 2 aromatic heterocycles. The average Bonchev–Trinajstić information content (AvgIpc) is 2.48. The van der Waals surface area contributed by atoms with Crippen LogP contribution in [0.1, 0.15) is 10.5 Å². The van der Waals surface area contributed by atoms with E-state index in [-0.39, 0.29) is 5.91 Å². The summed E-state index contributed by atoms with van der Waals surface area (Å²) in [6.07, 6.45) is 3.07. The van der Waals surface area contributed by atoms with Crippen LogP contribution in [0.25, 0.3) is 10.9 Å². The molecule has 2 heterocycles. The molecule has 0 aliphatic rings. The van der Waals surface area contributed by atoms with E-state index in [0.717, 1.165) is 10.9 Å². The number of hydrogen-bond donors (Lipinski definition) is 2. The number of carbonyl (C=O) groups excluding carboxylic acids is 1. The third-order valence-corrected chi connectivity index (χ3v) is 2.87. The maximum absolute atomic E-state index is 12.0. The van der Waals surface area contributed by atoms with Crippen LogP contribution in [0.15, 0.2) is 54.9 Å². The topological polar surface area (TPSA) is 80.9 Å². The number of pyridine rings is 2. The van der Waals surface area contributed by atoms with Gasteiger partial charge in [-0.2, -0.15) is 0 Å². The Labute approximate surface area is 115 Å². The number of carbonyl (C=O) groups is 1. The predicted molar refractivity (Wildman–Crippen MR) is 78.3 cm³/mol. The van der Waals surface area contributed by atoms with Crippen LogP contribution in [-0.4, -0.2) is 15.9 Å². The van der Waals surface area contributed by atoms with Crippen molar-refractivity contribution >= 4 is 28.2 Å². The minimum atomic E-state index is -0.290. The predicted octanol–water partition coefficient (Wildman–Crippen LogP) is 2.46. The lowest BCUT2D eigenvalue weighted by Crippen LogP contribution is -2.13. The summed E-state index contributed by atoms with van der Waals surface area (Å²) in [5, 5.41) is 3.73. The van der Waals surface area contributed by atoms with Crippen LogP contribution >= 0.6 is 0 Å². The molecule has 20 heavy (non-hydrogen) atoms. The maximum atomic E-state index is 12.0. The number of amides is 1. The van der Waals surface area contributed by atoms with Crippen molar-refractivity contribution in [2.75, 3.05) is 11.1 Å². The third kappa shape index (κ3) is 2.42. The van der Waals surface area contributed by atoms with Gasteiger partial charge in [0.1, 0.15) is 5.69 Å². The number of anilines is 2. The SMILES string of the molecule is Nc1ccc(C(=O)Nc2cnc3ccccc3c2)nc1. The number of nitrogens with two attached hydrogens (primary N) is 1. The fraction of sp³-hybridized carbons (Fsp3) is 0. The quantitative estimate of drug-likeness (QED) is 0.745. The molecule has 0 saturated heterocycles. The first kappa shape index (κ1) is 12.1. The Kier molecular flexibility index (Phi) is 3.01. The highest BCUT2D eigenvalue weighted by Gasteiger charge is 2.07. The molecule has 1 amide bonds. The second kappa shape index (κ2) is 4.97. The van der Waals surface area contributed by atoms with Crippen molar-refractivity contribution in [3.8, 4) is 0 Å². The van der Waals surface area contributed by atoms with Gasteiger partial charge in [-0.15, -0.1) is 0 Å². The highest BCUT2D eigenvalue weighted by Crippen LogP contribution is 2.16. The molecule has 3 N–H and O–H groups in total. The molecule has 5 heteroatoms. The van der Waals surface area contributed by atoms with E-state index in [9.17, 15) is 4.79 Å².